The molecule has 0 aliphatic carbocycles. The molecule has 1 amide bonds. The molecular weight excluding hydrogens is 218 g/mol. The maximum Gasteiger partial charge on any atom is 0.303 e. The van der Waals surface area contributed by atoms with Gasteiger partial charge < -0.3 is 10.0 Å². The predicted molar refractivity (Wildman–Crippen MR) is 65.6 cm³/mol. The van der Waals surface area contributed by atoms with Crippen molar-refractivity contribution in [2.75, 3.05) is 13.1 Å². The molecular formula is C13H23NO3. The smallest absolute Gasteiger partial charge is 0.303 e. The van der Waals surface area contributed by atoms with Gasteiger partial charge in [0.1, 0.15) is 0 Å². The molecule has 0 aromatic carbocycles. The highest BCUT2D eigenvalue weighted by Crippen LogP contribution is 2.25. The summed E-state index contributed by atoms with van der Waals surface area (Å²) >= 11 is 0. The van der Waals surface area contributed by atoms with Gasteiger partial charge in [0.2, 0.25) is 5.91 Å². The first-order valence-corrected chi connectivity index (χ1v) is 6.32. The van der Waals surface area contributed by atoms with Crippen molar-refractivity contribution >= 4 is 11.9 Å². The largest absolute Gasteiger partial charge is 0.481 e. The number of amides is 1. The van der Waals surface area contributed by atoms with Gasteiger partial charge in [-0.25, -0.2) is 0 Å². The molecule has 1 fully saturated rings. The molecule has 4 nitrogen and oxygen atoms in total. The summed E-state index contributed by atoms with van der Waals surface area (Å²) in [5, 5.41) is 8.63. The van der Waals surface area contributed by atoms with Gasteiger partial charge in [0, 0.05) is 24.9 Å². The van der Waals surface area contributed by atoms with E-state index >= 15 is 0 Å². The number of carboxylic acid groups (broad SMARTS) is 1. The van der Waals surface area contributed by atoms with Crippen LogP contribution >= 0.6 is 0 Å². The van der Waals surface area contributed by atoms with Crippen LogP contribution in [0, 0.1) is 11.3 Å². The van der Waals surface area contributed by atoms with Gasteiger partial charge in [-0.05, 0) is 25.2 Å². The second-order valence-corrected chi connectivity index (χ2v) is 5.92. The Labute approximate surface area is 103 Å². The van der Waals surface area contributed by atoms with Crippen LogP contribution in [0.4, 0.5) is 0 Å². The molecule has 17 heavy (non-hydrogen) atoms. The Kier molecular flexibility index (Phi) is 4.54. The first kappa shape index (κ1) is 14.0. The van der Waals surface area contributed by atoms with Crippen LogP contribution in [0.3, 0.4) is 0 Å². The average Bonchev–Trinajstić information content (AvgIpc) is 2.25. The van der Waals surface area contributed by atoms with Crippen molar-refractivity contribution in [3.63, 3.8) is 0 Å². The number of carbonyl (C=O) groups excluding carboxylic acids is 1. The lowest BCUT2D eigenvalue weighted by molar-refractivity contribution is -0.141. The highest BCUT2D eigenvalue weighted by atomic mass is 16.4. The van der Waals surface area contributed by atoms with Crippen LogP contribution in [0.25, 0.3) is 0 Å². The van der Waals surface area contributed by atoms with E-state index in [0.29, 0.717) is 5.92 Å². The van der Waals surface area contributed by atoms with E-state index in [0.717, 1.165) is 32.4 Å². The van der Waals surface area contributed by atoms with E-state index in [9.17, 15) is 9.59 Å². The standard InChI is InChI=1S/C13H23NO3/c1-13(2,3)12(17)14-8-6-10(7-9-14)4-5-11(15)16/h10H,4-9H2,1-3H3,(H,15,16). The van der Waals surface area contributed by atoms with Crippen molar-refractivity contribution in [1.82, 2.24) is 4.90 Å². The molecule has 0 bridgehead atoms. The Morgan fingerprint density at radius 3 is 2.18 bits per heavy atom. The third kappa shape index (κ3) is 4.36. The van der Waals surface area contributed by atoms with E-state index in [1.165, 1.54) is 0 Å². The molecule has 1 aliphatic rings. The number of nitrogens with zero attached hydrogens (tertiary/aromatic N) is 1. The van der Waals surface area contributed by atoms with E-state index in [-0.39, 0.29) is 17.7 Å². The maximum atomic E-state index is 12.0. The molecule has 1 saturated heterocycles. The van der Waals surface area contributed by atoms with Gasteiger partial charge in [-0.3, -0.25) is 9.59 Å². The summed E-state index contributed by atoms with van der Waals surface area (Å²) < 4.78 is 0. The van der Waals surface area contributed by atoms with Gasteiger partial charge in [-0.15, -0.1) is 0 Å². The van der Waals surface area contributed by atoms with Crippen LogP contribution in [-0.2, 0) is 9.59 Å². The fraction of sp³-hybridized carbons (Fsp3) is 0.846. The predicted octanol–water partition coefficient (Wildman–Crippen LogP) is 2.14. The summed E-state index contributed by atoms with van der Waals surface area (Å²) in [6, 6.07) is 0. The molecule has 0 saturated carbocycles. The van der Waals surface area contributed by atoms with E-state index < -0.39 is 5.97 Å². The number of likely N-dealkylation sites (tertiary alicyclic amines) is 1. The highest BCUT2D eigenvalue weighted by Gasteiger charge is 2.30. The second kappa shape index (κ2) is 5.52. The fourth-order valence-electron chi connectivity index (χ4n) is 2.23. The SMILES string of the molecule is CC(C)(C)C(=O)N1CCC(CCC(=O)O)CC1. The molecule has 0 aromatic heterocycles. The number of aliphatic carboxylic acids is 1. The van der Waals surface area contributed by atoms with Crippen molar-refractivity contribution in [3.05, 3.63) is 0 Å². The Morgan fingerprint density at radius 1 is 1.24 bits per heavy atom. The zero-order valence-electron chi connectivity index (χ0n) is 11.0. The van der Waals surface area contributed by atoms with Gasteiger partial charge in [-0.2, -0.15) is 0 Å². The van der Waals surface area contributed by atoms with Gasteiger partial charge in [0.25, 0.3) is 0 Å². The van der Waals surface area contributed by atoms with Crippen molar-refractivity contribution in [2.24, 2.45) is 11.3 Å². The lowest BCUT2D eigenvalue weighted by atomic mass is 9.89. The number of carboxylic acids is 1. The monoisotopic (exact) mass is 241 g/mol. The minimum Gasteiger partial charge on any atom is -0.481 e. The topological polar surface area (TPSA) is 57.6 Å². The summed E-state index contributed by atoms with van der Waals surface area (Å²) in [5.74, 6) is -0.0532. The third-order valence-corrected chi connectivity index (χ3v) is 3.31. The summed E-state index contributed by atoms with van der Waals surface area (Å²) in [5.41, 5.74) is -0.312. The number of rotatable bonds is 3. The van der Waals surface area contributed by atoms with E-state index in [2.05, 4.69) is 0 Å². The summed E-state index contributed by atoms with van der Waals surface area (Å²) in [7, 11) is 0. The summed E-state index contributed by atoms with van der Waals surface area (Å²) in [6.07, 6.45) is 2.87. The van der Waals surface area contributed by atoms with Crippen molar-refractivity contribution in [1.29, 1.82) is 0 Å². The minimum atomic E-state index is -0.724. The molecule has 98 valence electrons. The maximum absolute atomic E-state index is 12.0. The van der Waals surface area contributed by atoms with E-state index in [4.69, 9.17) is 5.11 Å². The number of piperidine rings is 1. The average molecular weight is 241 g/mol. The Bertz CT molecular complexity index is 286. The van der Waals surface area contributed by atoms with Crippen molar-refractivity contribution in [2.45, 2.75) is 46.5 Å². The summed E-state index contributed by atoms with van der Waals surface area (Å²) in [6.45, 7) is 7.37. The van der Waals surface area contributed by atoms with Crippen molar-refractivity contribution in [3.8, 4) is 0 Å². The molecule has 1 heterocycles. The lowest BCUT2D eigenvalue weighted by Gasteiger charge is -2.35. The number of carbonyl (C=O) groups is 2. The fourth-order valence-corrected chi connectivity index (χ4v) is 2.23. The molecule has 1 aliphatic heterocycles. The van der Waals surface area contributed by atoms with Crippen LogP contribution in [0.5, 0.6) is 0 Å². The second-order valence-electron chi connectivity index (χ2n) is 5.92. The molecule has 0 aromatic rings. The first-order chi connectivity index (χ1) is 7.80. The molecule has 0 unspecified atom stereocenters. The molecule has 0 radical (unpaired) electrons. The molecule has 1 N–H and O–H groups in total. The Morgan fingerprint density at radius 2 is 1.76 bits per heavy atom. The van der Waals surface area contributed by atoms with Crippen LogP contribution in [0.1, 0.15) is 46.5 Å². The lowest BCUT2D eigenvalue weighted by Crippen LogP contribution is -2.44. The van der Waals surface area contributed by atoms with Crippen molar-refractivity contribution < 1.29 is 14.7 Å². The van der Waals surface area contributed by atoms with E-state index in [1.54, 1.807) is 0 Å². The zero-order chi connectivity index (χ0) is 13.1. The van der Waals surface area contributed by atoms with Crippen LogP contribution in [0.2, 0.25) is 0 Å². The third-order valence-electron chi connectivity index (χ3n) is 3.31. The molecule has 0 atom stereocenters. The number of hydrogen-bond acceptors (Lipinski definition) is 2. The molecule has 4 heteroatoms. The highest BCUT2D eigenvalue weighted by molar-refractivity contribution is 5.81. The van der Waals surface area contributed by atoms with Gasteiger partial charge >= 0.3 is 5.97 Å². The number of hydrogen-bond donors (Lipinski definition) is 1. The van der Waals surface area contributed by atoms with Gasteiger partial charge in [0.15, 0.2) is 0 Å². The van der Waals surface area contributed by atoms with Crippen LogP contribution in [0.15, 0.2) is 0 Å². The first-order valence-electron chi connectivity index (χ1n) is 6.32. The van der Waals surface area contributed by atoms with Gasteiger partial charge in [-0.1, -0.05) is 20.8 Å². The Hall–Kier alpha value is -1.06. The van der Waals surface area contributed by atoms with Gasteiger partial charge in [0.05, 0.1) is 0 Å². The molecule has 0 spiro atoms. The normalized spacial score (nSPS) is 18.2. The van der Waals surface area contributed by atoms with Crippen LogP contribution in [-0.4, -0.2) is 35.0 Å². The minimum absolute atomic E-state index is 0.203. The quantitative estimate of drug-likeness (QED) is 0.823. The summed E-state index contributed by atoms with van der Waals surface area (Å²) in [4.78, 5) is 24.4. The molecule has 1 rings (SSSR count). The van der Waals surface area contributed by atoms with E-state index in [1.807, 2.05) is 25.7 Å². The Balaban J connectivity index is 2.36. The van der Waals surface area contributed by atoms with Crippen LogP contribution < -0.4 is 0 Å². The zero-order valence-corrected chi connectivity index (χ0v) is 11.0.